The van der Waals surface area contributed by atoms with E-state index >= 15 is 0 Å². The third-order valence-electron chi connectivity index (χ3n) is 4.32. The van der Waals surface area contributed by atoms with Crippen LogP contribution in [0.1, 0.15) is 33.6 Å². The molecule has 3 N–H and O–H groups in total. The second kappa shape index (κ2) is 7.98. The van der Waals surface area contributed by atoms with Crippen molar-refractivity contribution in [1.82, 2.24) is 15.0 Å². The number of anilines is 1. The van der Waals surface area contributed by atoms with Gasteiger partial charge in [0.25, 0.3) is 0 Å². The average molecular weight is 403 g/mol. The molecule has 2 aromatic rings. The van der Waals surface area contributed by atoms with Gasteiger partial charge in [0.2, 0.25) is 15.9 Å². The van der Waals surface area contributed by atoms with Gasteiger partial charge in [-0.25, -0.2) is 18.1 Å². The number of aromatic nitrogens is 1. The van der Waals surface area contributed by atoms with Crippen LogP contribution in [0.15, 0.2) is 47.5 Å². The Kier molecular flexibility index (Phi) is 5.83. The number of nitrogens with zero attached hydrogens (tertiary/aromatic N) is 1. The molecular weight excluding hydrogens is 376 g/mol. The van der Waals surface area contributed by atoms with E-state index < -0.39 is 15.6 Å². The van der Waals surface area contributed by atoms with Crippen molar-refractivity contribution in [2.24, 2.45) is 0 Å². The summed E-state index contributed by atoms with van der Waals surface area (Å²) >= 11 is 0. The van der Waals surface area contributed by atoms with Gasteiger partial charge in [-0.15, -0.1) is 0 Å². The summed E-state index contributed by atoms with van der Waals surface area (Å²) in [6, 6.07) is 10.1. The lowest BCUT2D eigenvalue weighted by molar-refractivity contribution is -0.117. The summed E-state index contributed by atoms with van der Waals surface area (Å²) in [6.45, 7) is 6.24. The van der Waals surface area contributed by atoms with Gasteiger partial charge in [-0.2, -0.15) is 0 Å². The van der Waals surface area contributed by atoms with Crippen LogP contribution in [-0.4, -0.2) is 37.4 Å². The first-order valence-corrected chi connectivity index (χ1v) is 10.8. The molecule has 0 bridgehead atoms. The van der Waals surface area contributed by atoms with E-state index in [9.17, 15) is 13.2 Å². The van der Waals surface area contributed by atoms with Crippen molar-refractivity contribution in [3.05, 3.63) is 42.6 Å². The minimum absolute atomic E-state index is 0.102. The molecule has 0 spiro atoms. The van der Waals surface area contributed by atoms with Crippen LogP contribution in [0.3, 0.4) is 0 Å². The van der Waals surface area contributed by atoms with Crippen LogP contribution < -0.4 is 15.4 Å². The van der Waals surface area contributed by atoms with Gasteiger partial charge < -0.3 is 10.6 Å². The predicted octanol–water partition coefficient (Wildman–Crippen LogP) is 2.52. The number of nitrogens with one attached hydrogen (secondary N) is 3. The number of pyridine rings is 1. The maximum Gasteiger partial charge on any atom is 0.242 e. The van der Waals surface area contributed by atoms with E-state index in [0.717, 1.165) is 19.4 Å². The highest BCUT2D eigenvalue weighted by atomic mass is 32.2. The highest BCUT2D eigenvalue weighted by Crippen LogP contribution is 2.28. The van der Waals surface area contributed by atoms with E-state index in [1.165, 1.54) is 0 Å². The zero-order valence-electron chi connectivity index (χ0n) is 16.3. The highest BCUT2D eigenvalue weighted by Gasteiger charge is 2.25. The fraction of sp³-hybridized carbons (Fsp3) is 0.400. The quantitative estimate of drug-likeness (QED) is 0.714. The molecule has 1 aliphatic rings. The molecule has 0 saturated carbocycles. The van der Waals surface area contributed by atoms with Crippen LogP contribution in [0, 0.1) is 0 Å². The molecule has 0 radical (unpaired) electrons. The zero-order chi connectivity index (χ0) is 20.4. The van der Waals surface area contributed by atoms with Gasteiger partial charge >= 0.3 is 0 Å². The van der Waals surface area contributed by atoms with Crippen molar-refractivity contribution in [3.8, 4) is 11.1 Å². The summed E-state index contributed by atoms with van der Waals surface area (Å²) < 4.78 is 28.3. The molecule has 28 heavy (non-hydrogen) atoms. The Bertz CT molecular complexity index is 944. The number of carbonyl (C=O) groups is 1. The van der Waals surface area contributed by atoms with Crippen molar-refractivity contribution in [2.45, 2.75) is 50.1 Å². The second-order valence-electron chi connectivity index (χ2n) is 7.92. The van der Waals surface area contributed by atoms with Gasteiger partial charge in [0.1, 0.15) is 5.82 Å². The smallest absolute Gasteiger partial charge is 0.242 e. The SMILES string of the molecule is CC(C)(C)NS(=O)(=O)c1ccccc1-c1ccc(NC(=O)C2CCCN2)nc1. The van der Waals surface area contributed by atoms with Crippen LogP contribution in [0.4, 0.5) is 5.82 Å². The first kappa shape index (κ1) is 20.4. The summed E-state index contributed by atoms with van der Waals surface area (Å²) in [5, 5.41) is 5.94. The van der Waals surface area contributed by atoms with Crippen LogP contribution in [-0.2, 0) is 14.8 Å². The highest BCUT2D eigenvalue weighted by molar-refractivity contribution is 7.89. The Morgan fingerprint density at radius 2 is 1.93 bits per heavy atom. The number of benzene rings is 1. The Morgan fingerprint density at radius 1 is 1.18 bits per heavy atom. The van der Waals surface area contributed by atoms with Gasteiger partial charge in [-0.05, 0) is 58.4 Å². The Labute approximate surface area is 166 Å². The lowest BCUT2D eigenvalue weighted by atomic mass is 10.1. The molecule has 8 heteroatoms. The lowest BCUT2D eigenvalue weighted by Crippen LogP contribution is -2.40. The van der Waals surface area contributed by atoms with Crippen molar-refractivity contribution in [1.29, 1.82) is 0 Å². The van der Waals surface area contributed by atoms with E-state index in [2.05, 4.69) is 20.3 Å². The van der Waals surface area contributed by atoms with E-state index in [1.807, 2.05) is 0 Å². The molecule has 3 rings (SSSR count). The molecule has 1 unspecified atom stereocenters. The molecule has 1 saturated heterocycles. The van der Waals surface area contributed by atoms with Crippen LogP contribution in [0.2, 0.25) is 0 Å². The summed E-state index contributed by atoms with van der Waals surface area (Å²) in [5.41, 5.74) is 0.626. The first-order chi connectivity index (χ1) is 13.2. The number of sulfonamides is 1. The number of rotatable bonds is 5. The minimum atomic E-state index is -3.69. The minimum Gasteiger partial charge on any atom is -0.309 e. The van der Waals surface area contributed by atoms with Gasteiger partial charge in [-0.1, -0.05) is 18.2 Å². The number of hydrogen-bond donors (Lipinski definition) is 3. The van der Waals surface area contributed by atoms with E-state index in [-0.39, 0.29) is 16.8 Å². The zero-order valence-corrected chi connectivity index (χ0v) is 17.1. The largest absolute Gasteiger partial charge is 0.309 e. The van der Waals surface area contributed by atoms with E-state index in [0.29, 0.717) is 16.9 Å². The van der Waals surface area contributed by atoms with E-state index in [1.54, 1.807) is 63.4 Å². The summed E-state index contributed by atoms with van der Waals surface area (Å²) in [7, 11) is -3.69. The van der Waals surface area contributed by atoms with Gasteiger partial charge in [0, 0.05) is 22.9 Å². The third kappa shape index (κ3) is 4.95. The Balaban J connectivity index is 1.83. The topological polar surface area (TPSA) is 100 Å². The maximum absolute atomic E-state index is 12.8. The Morgan fingerprint density at radius 3 is 2.54 bits per heavy atom. The average Bonchev–Trinajstić information content (AvgIpc) is 3.15. The molecule has 1 aliphatic heterocycles. The van der Waals surface area contributed by atoms with Gasteiger partial charge in [-0.3, -0.25) is 4.79 Å². The molecule has 1 aromatic carbocycles. The standard InChI is InChI=1S/C20H26N4O3S/c1-20(2,3)24-28(26,27)17-9-5-4-7-15(17)14-10-11-18(22-13-14)23-19(25)16-8-6-12-21-16/h4-5,7,9-11,13,16,21,24H,6,8,12H2,1-3H3,(H,22,23,25). The monoisotopic (exact) mass is 402 g/mol. The molecule has 7 nitrogen and oxygen atoms in total. The molecule has 1 amide bonds. The maximum atomic E-state index is 12.8. The number of hydrogen-bond acceptors (Lipinski definition) is 5. The van der Waals surface area contributed by atoms with E-state index in [4.69, 9.17) is 0 Å². The molecule has 1 fully saturated rings. The third-order valence-corrected chi connectivity index (χ3v) is 6.14. The number of carbonyl (C=O) groups excluding carboxylic acids is 1. The molecule has 1 atom stereocenters. The number of amides is 1. The van der Waals surface area contributed by atoms with Gasteiger partial charge in [0.05, 0.1) is 10.9 Å². The van der Waals surface area contributed by atoms with Crippen molar-refractivity contribution in [2.75, 3.05) is 11.9 Å². The molecular formula is C20H26N4O3S. The van der Waals surface area contributed by atoms with Crippen molar-refractivity contribution in [3.63, 3.8) is 0 Å². The van der Waals surface area contributed by atoms with Crippen LogP contribution >= 0.6 is 0 Å². The summed E-state index contributed by atoms with van der Waals surface area (Å²) in [5.74, 6) is 0.339. The van der Waals surface area contributed by atoms with Crippen molar-refractivity contribution < 1.29 is 13.2 Å². The summed E-state index contributed by atoms with van der Waals surface area (Å²) in [6.07, 6.45) is 3.37. The van der Waals surface area contributed by atoms with Crippen LogP contribution in [0.25, 0.3) is 11.1 Å². The van der Waals surface area contributed by atoms with Crippen molar-refractivity contribution >= 4 is 21.7 Å². The summed E-state index contributed by atoms with van der Waals surface area (Å²) in [4.78, 5) is 16.7. The normalized spacial score (nSPS) is 17.5. The molecule has 0 aliphatic carbocycles. The fourth-order valence-electron chi connectivity index (χ4n) is 3.15. The van der Waals surface area contributed by atoms with Crippen LogP contribution in [0.5, 0.6) is 0 Å². The molecule has 2 heterocycles. The molecule has 1 aromatic heterocycles. The first-order valence-electron chi connectivity index (χ1n) is 9.29. The van der Waals surface area contributed by atoms with Gasteiger partial charge in [0.15, 0.2) is 0 Å². The lowest BCUT2D eigenvalue weighted by Gasteiger charge is -2.21. The molecule has 150 valence electrons. The Hall–Kier alpha value is -2.29. The predicted molar refractivity (Wildman–Crippen MR) is 109 cm³/mol. The fourth-order valence-corrected chi connectivity index (χ4v) is 4.80. The second-order valence-corrected chi connectivity index (χ2v) is 9.57.